The van der Waals surface area contributed by atoms with Crippen LogP contribution in [-0.4, -0.2) is 87.8 Å². The Bertz CT molecular complexity index is 1930. The quantitative estimate of drug-likeness (QED) is 0.317. The van der Waals surface area contributed by atoms with E-state index in [-0.39, 0.29) is 34.8 Å². The van der Waals surface area contributed by atoms with Crippen molar-refractivity contribution in [3.8, 4) is 17.6 Å². The third-order valence-electron chi connectivity index (χ3n) is 11.1. The molecule has 4 aliphatic rings. The van der Waals surface area contributed by atoms with Gasteiger partial charge in [0.25, 0.3) is 5.91 Å². The normalized spacial score (nSPS) is 30.4. The number of ether oxygens (including phenoxy) is 1. The van der Waals surface area contributed by atoms with E-state index < -0.39 is 36.6 Å². The highest BCUT2D eigenvalue weighted by atomic mass is 35.5. The minimum absolute atomic E-state index is 0.0742. The summed E-state index contributed by atoms with van der Waals surface area (Å²) < 4.78 is 59.5. The van der Waals surface area contributed by atoms with Crippen molar-refractivity contribution in [3.05, 3.63) is 70.3 Å². The van der Waals surface area contributed by atoms with Crippen molar-refractivity contribution in [2.45, 2.75) is 69.8 Å². The molecule has 1 amide bonds. The van der Waals surface area contributed by atoms with E-state index in [1.165, 1.54) is 0 Å². The molecule has 2 aromatic carbocycles. The van der Waals surface area contributed by atoms with Gasteiger partial charge in [-0.25, -0.2) is 21.6 Å². The van der Waals surface area contributed by atoms with Crippen molar-refractivity contribution >= 4 is 43.1 Å². The molecule has 3 heterocycles. The number of nitrogens with one attached hydrogen (secondary N) is 1. The van der Waals surface area contributed by atoms with Crippen LogP contribution in [0.2, 0.25) is 5.02 Å². The molecule has 0 radical (unpaired) electrons. The van der Waals surface area contributed by atoms with Crippen molar-refractivity contribution in [3.63, 3.8) is 0 Å². The average molecular weight is 758 g/mol. The first-order chi connectivity index (χ1) is 24.2. The first-order valence-corrected chi connectivity index (χ1v) is 21.7. The Morgan fingerprint density at radius 2 is 1.80 bits per heavy atom. The van der Waals surface area contributed by atoms with Crippen LogP contribution in [0.25, 0.3) is 0 Å². The number of fused-ring (bicyclic) bond motifs is 3. The number of anilines is 1. The molecule has 2 fully saturated rings. The lowest BCUT2D eigenvalue weighted by molar-refractivity contribution is -0.00301. The van der Waals surface area contributed by atoms with Crippen LogP contribution in [0, 0.1) is 29.6 Å². The van der Waals surface area contributed by atoms with Crippen LogP contribution in [0.5, 0.6) is 5.75 Å². The Labute approximate surface area is 307 Å². The van der Waals surface area contributed by atoms with Gasteiger partial charge in [0.1, 0.15) is 18.0 Å². The molecule has 2 bridgehead atoms. The Balaban J connectivity index is 1.36. The predicted octanol–water partition coefficient (Wildman–Crippen LogP) is 4.60. The number of amides is 1. The summed E-state index contributed by atoms with van der Waals surface area (Å²) in [5, 5.41) is 12.1. The maximum absolute atomic E-state index is 13.5. The summed E-state index contributed by atoms with van der Waals surface area (Å²) in [6.07, 6.45) is 8.12. The number of sulfonamides is 1. The molecule has 1 saturated carbocycles. The molecule has 2 N–H and O–H groups in total. The summed E-state index contributed by atoms with van der Waals surface area (Å²) in [6.45, 7) is 6.11. The number of benzene rings is 2. The number of carbonyl (C=O) groups is 1. The number of rotatable bonds is 1. The summed E-state index contributed by atoms with van der Waals surface area (Å²) in [5.41, 5.74) is 1.62. The number of aliphatic hydroxyl groups is 1. The summed E-state index contributed by atoms with van der Waals surface area (Å²) in [5.74, 6) is 5.96. The van der Waals surface area contributed by atoms with Gasteiger partial charge in [0.15, 0.2) is 9.84 Å². The zero-order chi connectivity index (χ0) is 36.4. The van der Waals surface area contributed by atoms with E-state index in [9.17, 15) is 26.7 Å². The largest absolute Gasteiger partial charge is 0.487 e. The van der Waals surface area contributed by atoms with Gasteiger partial charge < -0.3 is 14.7 Å². The van der Waals surface area contributed by atoms with Crippen molar-refractivity contribution in [2.24, 2.45) is 17.8 Å². The van der Waals surface area contributed by atoms with Crippen molar-refractivity contribution in [1.82, 2.24) is 9.62 Å². The van der Waals surface area contributed by atoms with Gasteiger partial charge in [-0.1, -0.05) is 42.5 Å². The second kappa shape index (κ2) is 15.5. The van der Waals surface area contributed by atoms with Crippen LogP contribution in [0.15, 0.2) is 48.6 Å². The van der Waals surface area contributed by atoms with Crippen LogP contribution in [0.1, 0.15) is 67.4 Å². The Morgan fingerprint density at radius 1 is 1.02 bits per heavy atom. The molecule has 3 aliphatic heterocycles. The van der Waals surface area contributed by atoms with Gasteiger partial charge in [-0.2, -0.15) is 0 Å². The van der Waals surface area contributed by atoms with E-state index in [1.807, 2.05) is 36.1 Å². The van der Waals surface area contributed by atoms with Gasteiger partial charge in [0.05, 0.1) is 29.0 Å². The molecular formula is C38H48ClN3O7S2. The van der Waals surface area contributed by atoms with Gasteiger partial charge in [0.2, 0.25) is 10.0 Å². The molecule has 5 atom stereocenters. The fourth-order valence-corrected chi connectivity index (χ4v) is 10.2. The molecule has 1 aliphatic carbocycles. The number of sulfone groups is 1. The van der Waals surface area contributed by atoms with E-state index >= 15 is 0 Å². The number of hydrogen-bond acceptors (Lipinski definition) is 9. The molecule has 6 rings (SSSR count). The van der Waals surface area contributed by atoms with Crippen LogP contribution in [-0.2, 0) is 32.9 Å². The van der Waals surface area contributed by atoms with Crippen LogP contribution in [0.4, 0.5) is 5.69 Å². The number of allylic oxidation sites excluding steroid dienone is 1. The number of halogens is 1. The fourth-order valence-electron chi connectivity index (χ4n) is 7.43. The maximum Gasteiger partial charge on any atom is 0.264 e. The average Bonchev–Trinajstić information content (AvgIpc) is 3.09. The van der Waals surface area contributed by atoms with Gasteiger partial charge in [-0.05, 0) is 105 Å². The molecule has 13 heteroatoms. The van der Waals surface area contributed by atoms with E-state index in [0.717, 1.165) is 43.2 Å². The van der Waals surface area contributed by atoms with Crippen molar-refractivity contribution in [2.75, 3.05) is 49.1 Å². The second-order valence-electron chi connectivity index (χ2n) is 14.6. The number of carbonyl (C=O) groups excluding carboxylic acids is 1. The monoisotopic (exact) mass is 757 g/mol. The van der Waals surface area contributed by atoms with E-state index in [0.29, 0.717) is 62.2 Å². The first-order valence-electron chi connectivity index (χ1n) is 17.9. The zero-order valence-corrected chi connectivity index (χ0v) is 31.7. The third kappa shape index (κ3) is 8.94. The third-order valence-corrected chi connectivity index (χ3v) is 14.9. The summed E-state index contributed by atoms with van der Waals surface area (Å²) >= 11 is 6.35. The molecule has 10 nitrogen and oxygen atoms in total. The summed E-state index contributed by atoms with van der Waals surface area (Å²) in [6, 6.07) is 10.9. The van der Waals surface area contributed by atoms with E-state index in [1.54, 1.807) is 31.2 Å². The van der Waals surface area contributed by atoms with Crippen LogP contribution >= 0.6 is 11.6 Å². The minimum Gasteiger partial charge on any atom is -0.487 e. The first kappa shape index (κ1) is 37.7. The minimum atomic E-state index is -4.04. The number of nitrogens with zero attached hydrogens (tertiary/aromatic N) is 2. The van der Waals surface area contributed by atoms with Gasteiger partial charge in [-0.15, -0.1) is 0 Å². The van der Waals surface area contributed by atoms with Crippen LogP contribution in [0.3, 0.4) is 0 Å². The second-order valence-corrected chi connectivity index (χ2v) is 19.4. The topological polar surface area (TPSA) is 133 Å². The molecule has 276 valence electrons. The summed E-state index contributed by atoms with van der Waals surface area (Å²) in [4.78, 5) is 17.7. The molecule has 51 heavy (non-hydrogen) atoms. The highest BCUT2D eigenvalue weighted by Gasteiger charge is 2.45. The lowest BCUT2D eigenvalue weighted by Gasteiger charge is -2.46. The molecule has 2 aromatic rings. The lowest BCUT2D eigenvalue weighted by atomic mass is 9.64. The molecule has 0 aromatic heterocycles. The van der Waals surface area contributed by atoms with Crippen molar-refractivity contribution < 1.29 is 31.5 Å². The van der Waals surface area contributed by atoms with Gasteiger partial charge in [0, 0.05) is 42.7 Å². The molecule has 0 spiro atoms. The summed E-state index contributed by atoms with van der Waals surface area (Å²) in [7, 11) is -7.06. The Kier molecular flexibility index (Phi) is 11.4. The van der Waals surface area contributed by atoms with E-state index in [2.05, 4.69) is 21.5 Å². The highest BCUT2D eigenvalue weighted by molar-refractivity contribution is 7.91. The smallest absolute Gasteiger partial charge is 0.264 e. The SMILES string of the molecule is C[C@@H]1[C@@H](C)C/C=C/[C@@](O)(C#CCN2CCS(=O)(=O)CC2)[C@@H]2CC[C@H]2CN2CCCCc3cc(Cl)ccc3COc3ccc(cc32)C(=O)NS1(=O)=O. The van der Waals surface area contributed by atoms with Gasteiger partial charge >= 0.3 is 0 Å². The Morgan fingerprint density at radius 3 is 2.55 bits per heavy atom. The van der Waals surface area contributed by atoms with E-state index in [4.69, 9.17) is 16.3 Å². The number of aryl methyl sites for hydroxylation is 1. The standard InChI is InChI=1S/C38H48ClN3O7S2/c1-27-7-5-15-38(44,16-6-17-41-19-21-50(45,46)22-20-41)34-13-10-31(34)25-42-18-4-3-8-29-23-33(39)12-9-32(29)26-49-36-14-11-30(24-35(36)42)37(43)40-51(47,48)28(27)2/h5,9,11-12,14-15,23-24,27-28,31,34,44H,3-4,7-8,10,13,17-22,25-26H2,1-2H3,(H,40,43)/b15-5+/t27-,28+,31-,34+,38+/m0/s1. The fraction of sp³-hybridized carbons (Fsp3) is 0.553. The Hall–Kier alpha value is -3.08. The molecule has 0 unspecified atom stereocenters. The number of hydrogen-bond donors (Lipinski definition) is 2. The van der Waals surface area contributed by atoms with Crippen LogP contribution < -0.4 is 14.4 Å². The maximum atomic E-state index is 13.5. The van der Waals surface area contributed by atoms with Gasteiger partial charge in [-0.3, -0.25) is 9.69 Å². The predicted molar refractivity (Wildman–Crippen MR) is 200 cm³/mol. The molecular weight excluding hydrogens is 710 g/mol. The zero-order valence-electron chi connectivity index (χ0n) is 29.3. The van der Waals surface area contributed by atoms with Crippen molar-refractivity contribution in [1.29, 1.82) is 0 Å². The lowest BCUT2D eigenvalue weighted by Crippen LogP contribution is -2.49. The molecule has 1 saturated heterocycles. The highest BCUT2D eigenvalue weighted by Crippen LogP contribution is 2.45.